The Hall–Kier alpha value is -4.02. The van der Waals surface area contributed by atoms with Crippen LogP contribution in [-0.4, -0.2) is 95.8 Å². The molecule has 2 saturated heterocycles. The largest absolute Gasteiger partial charge is 0.493 e. The van der Waals surface area contributed by atoms with Gasteiger partial charge in [-0.15, -0.1) is 0 Å². The van der Waals surface area contributed by atoms with E-state index in [0.717, 1.165) is 65.3 Å². The van der Waals surface area contributed by atoms with Crippen molar-refractivity contribution in [2.24, 2.45) is 0 Å². The fourth-order valence-electron chi connectivity index (χ4n) is 4.92. The lowest BCUT2D eigenvalue weighted by Crippen LogP contribution is -2.37. The van der Waals surface area contributed by atoms with Crippen molar-refractivity contribution in [2.75, 3.05) is 59.3 Å². The first-order chi connectivity index (χ1) is 23.5. The molecule has 0 atom stereocenters. The van der Waals surface area contributed by atoms with E-state index in [1.54, 1.807) is 0 Å². The van der Waals surface area contributed by atoms with Gasteiger partial charge in [0.2, 0.25) is 0 Å². The Kier molecular flexibility index (Phi) is 19.0. The first-order valence-corrected chi connectivity index (χ1v) is 16.5. The van der Waals surface area contributed by atoms with E-state index < -0.39 is 21.4 Å². The quantitative estimate of drug-likeness (QED) is 0.109. The number of hydrogen-bond donors (Lipinski definition) is 2. The lowest BCUT2D eigenvalue weighted by Gasteiger charge is -2.26. The zero-order chi connectivity index (χ0) is 36.2. The van der Waals surface area contributed by atoms with Crippen LogP contribution in [0.1, 0.15) is 91.1 Å². The van der Waals surface area contributed by atoms with E-state index in [-0.39, 0.29) is 47.2 Å². The highest BCUT2D eigenvalue weighted by Gasteiger charge is 2.23. The van der Waals surface area contributed by atoms with E-state index in [0.29, 0.717) is 24.3 Å². The first kappa shape index (κ1) is 41.2. The molecule has 0 saturated carbocycles. The fraction of sp³-hybridized carbons (Fsp3) is 0.588. The smallest absolute Gasteiger partial charge is 0.283 e. The third kappa shape index (κ3) is 14.2. The van der Waals surface area contributed by atoms with Crippen molar-refractivity contribution in [3.63, 3.8) is 0 Å². The number of nitro benzene ring substituents is 2. The number of nitrogens with zero attached hydrogens (tertiary/aromatic N) is 3. The van der Waals surface area contributed by atoms with Crippen molar-refractivity contribution in [3.05, 3.63) is 66.7 Å². The van der Waals surface area contributed by atoms with Crippen molar-refractivity contribution in [2.45, 2.75) is 72.5 Å². The summed E-state index contributed by atoms with van der Waals surface area (Å²) in [6.07, 6.45) is 6.43. The van der Waals surface area contributed by atoms with Gasteiger partial charge in [0, 0.05) is 44.0 Å². The number of Topliss-reactive ketones (excluding diaryl/α,β-unsaturated/α-hetero) is 2. The number of rotatable bonds is 15. The monoisotopic (exact) mass is 691 g/mol. The second-order valence-electron chi connectivity index (χ2n) is 11.4. The van der Waals surface area contributed by atoms with Gasteiger partial charge in [0.05, 0.1) is 72.7 Å². The van der Waals surface area contributed by atoms with E-state index in [1.165, 1.54) is 57.4 Å². The molecule has 0 unspecified atom stereocenters. The van der Waals surface area contributed by atoms with E-state index in [1.807, 2.05) is 6.92 Å². The highest BCUT2D eigenvalue weighted by Crippen LogP contribution is 2.31. The molecule has 15 nitrogen and oxygen atoms in total. The van der Waals surface area contributed by atoms with Crippen LogP contribution in [0.4, 0.5) is 11.4 Å². The van der Waals surface area contributed by atoms with E-state index in [2.05, 4.69) is 4.90 Å². The molecular weight excluding hydrogens is 642 g/mol. The van der Waals surface area contributed by atoms with Crippen LogP contribution in [0.5, 0.6) is 11.5 Å². The molecule has 0 spiro atoms. The van der Waals surface area contributed by atoms with Crippen LogP contribution >= 0.6 is 0 Å². The molecule has 2 heterocycles. The Labute approximate surface area is 286 Å². The van der Waals surface area contributed by atoms with E-state index in [4.69, 9.17) is 18.9 Å². The normalized spacial score (nSPS) is 14.4. The number of carbonyl (C=O) groups is 2. The van der Waals surface area contributed by atoms with Crippen molar-refractivity contribution >= 4 is 22.9 Å². The minimum absolute atomic E-state index is 0.0168. The molecule has 2 aliphatic heterocycles. The summed E-state index contributed by atoms with van der Waals surface area (Å²) in [6.45, 7) is 10.7. The Morgan fingerprint density at radius 3 is 1.55 bits per heavy atom. The predicted octanol–water partition coefficient (Wildman–Crippen LogP) is 5.05. The Balaban J connectivity index is 0.000000295. The zero-order valence-electron chi connectivity index (χ0n) is 28.6. The van der Waals surface area contributed by atoms with Crippen LogP contribution < -0.4 is 9.47 Å². The molecule has 0 aliphatic carbocycles. The van der Waals surface area contributed by atoms with Gasteiger partial charge in [-0.3, -0.25) is 34.7 Å². The second kappa shape index (κ2) is 22.6. The number of hydrogen-bond acceptors (Lipinski definition) is 13. The molecule has 0 amide bonds. The maximum atomic E-state index is 11.5. The average Bonchev–Trinajstić information content (AvgIpc) is 3.11. The molecule has 4 rings (SSSR count). The number of morpholine rings is 1. The molecule has 0 aromatic heterocycles. The Morgan fingerprint density at radius 2 is 1.20 bits per heavy atom. The number of ketones is 2. The van der Waals surface area contributed by atoms with Gasteiger partial charge in [-0.05, 0) is 58.1 Å². The number of ether oxygens (including phenoxy) is 4. The highest BCUT2D eigenvalue weighted by molar-refractivity contribution is 5.99. The molecule has 2 fully saturated rings. The summed E-state index contributed by atoms with van der Waals surface area (Å²) < 4.78 is 21.4. The van der Waals surface area contributed by atoms with Gasteiger partial charge in [-0.1, -0.05) is 13.3 Å². The molecule has 2 aliphatic rings. The SMILES string of the molecule is C1CCOCC1.CC(=O)c1cc(CO)c(OCCCN2CCOCC2)cc1[N+](=O)[O-].CCCCOc1cc([N+](=O)[O-])c(C(C)=O)cc1CO. The topological polar surface area (TPSA) is 201 Å². The number of benzene rings is 2. The molecule has 2 N–H and O–H groups in total. The van der Waals surface area contributed by atoms with Gasteiger partial charge in [0.1, 0.15) is 11.5 Å². The summed E-state index contributed by atoms with van der Waals surface area (Å²) in [5, 5.41) is 40.8. The third-order valence-electron chi connectivity index (χ3n) is 7.66. The summed E-state index contributed by atoms with van der Waals surface area (Å²) in [5.41, 5.74) is 0.116. The van der Waals surface area contributed by atoms with Gasteiger partial charge < -0.3 is 29.2 Å². The van der Waals surface area contributed by atoms with Crippen LogP contribution in [0.25, 0.3) is 0 Å². The molecule has 15 heteroatoms. The zero-order valence-corrected chi connectivity index (χ0v) is 28.6. The van der Waals surface area contributed by atoms with Crippen LogP contribution in [0, 0.1) is 20.2 Å². The number of aliphatic hydroxyl groups excluding tert-OH is 2. The summed E-state index contributed by atoms with van der Waals surface area (Å²) in [7, 11) is 0. The molecule has 2 aromatic rings. The summed E-state index contributed by atoms with van der Waals surface area (Å²) in [4.78, 5) is 46.0. The maximum absolute atomic E-state index is 11.5. The van der Waals surface area contributed by atoms with Gasteiger partial charge in [0.25, 0.3) is 11.4 Å². The Morgan fingerprint density at radius 1 is 0.755 bits per heavy atom. The number of carbonyl (C=O) groups excluding carboxylic acids is 2. The summed E-state index contributed by atoms with van der Waals surface area (Å²) >= 11 is 0. The summed E-state index contributed by atoms with van der Waals surface area (Å²) in [5.74, 6) is -0.333. The van der Waals surface area contributed by atoms with Gasteiger partial charge in [0.15, 0.2) is 11.6 Å². The number of unbranched alkanes of at least 4 members (excludes halogenated alkanes) is 1. The lowest BCUT2D eigenvalue weighted by molar-refractivity contribution is -0.385. The third-order valence-corrected chi connectivity index (χ3v) is 7.66. The molecular formula is C34H49N3O12. The average molecular weight is 692 g/mol. The minimum atomic E-state index is -0.620. The molecule has 2 aromatic carbocycles. The number of aliphatic hydroxyl groups is 2. The maximum Gasteiger partial charge on any atom is 0.283 e. The minimum Gasteiger partial charge on any atom is -0.493 e. The predicted molar refractivity (Wildman–Crippen MR) is 180 cm³/mol. The van der Waals surface area contributed by atoms with Crippen molar-refractivity contribution < 1.29 is 48.6 Å². The van der Waals surface area contributed by atoms with Gasteiger partial charge >= 0.3 is 0 Å². The first-order valence-electron chi connectivity index (χ1n) is 16.5. The standard InChI is InChI=1S/C16H22N2O6.C13H17NO5.C5H10O/c1-12(20)14-9-13(11-19)16(10-15(14)18(21)22)24-6-2-3-17-4-7-23-8-5-17;1-3-4-5-19-13-7-12(14(17)18)11(9(2)16)6-10(13)8-15;1-2-4-6-5-3-1/h9-10,19H,2-8,11H2,1H3;6-7,15H,3-5,8H2,1-2H3;1-5H2. The molecule has 0 radical (unpaired) electrons. The van der Waals surface area contributed by atoms with Gasteiger partial charge in [-0.2, -0.15) is 0 Å². The van der Waals surface area contributed by atoms with Crippen molar-refractivity contribution in [3.8, 4) is 11.5 Å². The molecule has 49 heavy (non-hydrogen) atoms. The van der Waals surface area contributed by atoms with Gasteiger partial charge in [-0.25, -0.2) is 0 Å². The lowest BCUT2D eigenvalue weighted by atomic mass is 10.0. The van der Waals surface area contributed by atoms with Crippen LogP contribution in [0.15, 0.2) is 24.3 Å². The van der Waals surface area contributed by atoms with Crippen molar-refractivity contribution in [1.82, 2.24) is 4.90 Å². The summed E-state index contributed by atoms with van der Waals surface area (Å²) in [6, 6.07) is 5.08. The van der Waals surface area contributed by atoms with Crippen LogP contribution in [-0.2, 0) is 22.7 Å². The van der Waals surface area contributed by atoms with Crippen LogP contribution in [0.3, 0.4) is 0 Å². The van der Waals surface area contributed by atoms with E-state index in [9.17, 15) is 40.0 Å². The molecule has 272 valence electrons. The Bertz CT molecular complexity index is 1360. The number of nitro groups is 2. The van der Waals surface area contributed by atoms with E-state index >= 15 is 0 Å². The fourth-order valence-corrected chi connectivity index (χ4v) is 4.92. The molecule has 0 bridgehead atoms. The second-order valence-corrected chi connectivity index (χ2v) is 11.4. The highest BCUT2D eigenvalue weighted by atomic mass is 16.6. The van der Waals surface area contributed by atoms with Crippen LogP contribution in [0.2, 0.25) is 0 Å². The van der Waals surface area contributed by atoms with Crippen molar-refractivity contribution in [1.29, 1.82) is 0 Å².